The van der Waals surface area contributed by atoms with Crippen molar-refractivity contribution in [3.05, 3.63) is 41.2 Å². The summed E-state index contributed by atoms with van der Waals surface area (Å²) in [4.78, 5) is 0. The van der Waals surface area contributed by atoms with Crippen molar-refractivity contribution >= 4 is 0 Å². The SMILES string of the molecule is Cc1cccc(OCCn2nnc(CO)c2CC(C)C)c1. The molecular formula is C16H23N3O2. The molecule has 114 valence electrons. The maximum absolute atomic E-state index is 9.33. The van der Waals surface area contributed by atoms with Crippen LogP contribution in [0.15, 0.2) is 24.3 Å². The third-order valence-electron chi connectivity index (χ3n) is 3.23. The van der Waals surface area contributed by atoms with Crippen LogP contribution in [0.25, 0.3) is 0 Å². The van der Waals surface area contributed by atoms with Gasteiger partial charge < -0.3 is 9.84 Å². The molecule has 0 saturated heterocycles. The van der Waals surface area contributed by atoms with Crippen LogP contribution < -0.4 is 4.74 Å². The predicted octanol–water partition coefficient (Wildman–Crippen LogP) is 2.36. The first-order chi connectivity index (χ1) is 10.1. The Morgan fingerprint density at radius 1 is 1.33 bits per heavy atom. The molecule has 2 rings (SSSR count). The molecule has 0 amide bonds. The predicted molar refractivity (Wildman–Crippen MR) is 81.2 cm³/mol. The Labute approximate surface area is 125 Å². The molecule has 0 spiro atoms. The van der Waals surface area contributed by atoms with Crippen LogP contribution >= 0.6 is 0 Å². The van der Waals surface area contributed by atoms with E-state index >= 15 is 0 Å². The summed E-state index contributed by atoms with van der Waals surface area (Å²) >= 11 is 0. The van der Waals surface area contributed by atoms with Gasteiger partial charge in [-0.2, -0.15) is 0 Å². The minimum atomic E-state index is -0.0687. The Balaban J connectivity index is 1.98. The van der Waals surface area contributed by atoms with E-state index in [1.54, 1.807) is 0 Å². The molecule has 0 unspecified atom stereocenters. The molecule has 1 N–H and O–H groups in total. The number of rotatable bonds is 7. The maximum atomic E-state index is 9.33. The highest BCUT2D eigenvalue weighted by atomic mass is 16.5. The third-order valence-corrected chi connectivity index (χ3v) is 3.23. The molecule has 0 radical (unpaired) electrons. The molecule has 0 fully saturated rings. The number of aliphatic hydroxyl groups is 1. The van der Waals surface area contributed by atoms with E-state index in [0.717, 1.165) is 17.9 Å². The summed E-state index contributed by atoms with van der Waals surface area (Å²) in [5, 5.41) is 17.5. The van der Waals surface area contributed by atoms with Gasteiger partial charge in [-0.15, -0.1) is 5.10 Å². The summed E-state index contributed by atoms with van der Waals surface area (Å²) in [7, 11) is 0. The van der Waals surface area contributed by atoms with Gasteiger partial charge in [-0.1, -0.05) is 31.2 Å². The molecule has 1 aromatic heterocycles. The van der Waals surface area contributed by atoms with E-state index in [1.165, 1.54) is 5.56 Å². The Morgan fingerprint density at radius 2 is 2.14 bits per heavy atom. The van der Waals surface area contributed by atoms with Gasteiger partial charge >= 0.3 is 0 Å². The minimum absolute atomic E-state index is 0.0687. The van der Waals surface area contributed by atoms with Crippen LogP contribution in [0.4, 0.5) is 0 Å². The molecule has 2 aromatic rings. The lowest BCUT2D eigenvalue weighted by atomic mass is 10.1. The fraction of sp³-hybridized carbons (Fsp3) is 0.500. The minimum Gasteiger partial charge on any atom is -0.492 e. The van der Waals surface area contributed by atoms with E-state index in [-0.39, 0.29) is 6.61 Å². The average molecular weight is 289 g/mol. The first-order valence-corrected chi connectivity index (χ1v) is 7.31. The molecule has 0 aliphatic rings. The number of aryl methyl sites for hydroxylation is 1. The second-order valence-corrected chi connectivity index (χ2v) is 5.63. The van der Waals surface area contributed by atoms with Crippen molar-refractivity contribution in [3.63, 3.8) is 0 Å². The summed E-state index contributed by atoms with van der Waals surface area (Å²) in [6, 6.07) is 7.98. The lowest BCUT2D eigenvalue weighted by molar-refractivity contribution is 0.273. The molecule has 5 heteroatoms. The quantitative estimate of drug-likeness (QED) is 0.850. The van der Waals surface area contributed by atoms with Gasteiger partial charge in [-0.25, -0.2) is 4.68 Å². The molecular weight excluding hydrogens is 266 g/mol. The number of aromatic nitrogens is 3. The van der Waals surface area contributed by atoms with Crippen molar-refractivity contribution in [2.24, 2.45) is 5.92 Å². The van der Waals surface area contributed by atoms with E-state index in [0.29, 0.717) is 24.8 Å². The Kier molecular flexibility index (Phi) is 5.33. The zero-order valence-corrected chi connectivity index (χ0v) is 12.9. The van der Waals surface area contributed by atoms with Gasteiger partial charge in [0, 0.05) is 0 Å². The van der Waals surface area contributed by atoms with Crippen molar-refractivity contribution in [2.45, 2.75) is 40.3 Å². The number of aliphatic hydroxyl groups excluding tert-OH is 1. The van der Waals surface area contributed by atoms with Gasteiger partial charge in [0.05, 0.1) is 18.8 Å². The molecule has 0 saturated carbocycles. The molecule has 0 aliphatic carbocycles. The molecule has 1 heterocycles. The fourth-order valence-corrected chi connectivity index (χ4v) is 2.24. The summed E-state index contributed by atoms with van der Waals surface area (Å²) < 4.78 is 7.58. The number of nitrogens with zero attached hydrogens (tertiary/aromatic N) is 3. The van der Waals surface area contributed by atoms with Crippen LogP contribution in [0.5, 0.6) is 5.75 Å². The first kappa shape index (κ1) is 15.5. The van der Waals surface area contributed by atoms with E-state index in [1.807, 2.05) is 35.9 Å². The normalized spacial score (nSPS) is 11.1. The van der Waals surface area contributed by atoms with Crippen molar-refractivity contribution in [3.8, 4) is 5.75 Å². The zero-order valence-electron chi connectivity index (χ0n) is 12.9. The topological polar surface area (TPSA) is 60.2 Å². The van der Waals surface area contributed by atoms with E-state index in [4.69, 9.17) is 4.74 Å². The monoisotopic (exact) mass is 289 g/mol. The van der Waals surface area contributed by atoms with Gasteiger partial charge in [0.1, 0.15) is 18.1 Å². The first-order valence-electron chi connectivity index (χ1n) is 7.31. The van der Waals surface area contributed by atoms with Crippen molar-refractivity contribution < 1.29 is 9.84 Å². The highest BCUT2D eigenvalue weighted by molar-refractivity contribution is 5.27. The second kappa shape index (κ2) is 7.22. The van der Waals surface area contributed by atoms with Gasteiger partial charge in [0.2, 0.25) is 0 Å². The Hall–Kier alpha value is -1.88. The van der Waals surface area contributed by atoms with Gasteiger partial charge in [-0.05, 0) is 37.0 Å². The maximum Gasteiger partial charge on any atom is 0.119 e. The number of ether oxygens (including phenoxy) is 1. The zero-order chi connectivity index (χ0) is 15.2. The molecule has 0 bridgehead atoms. The van der Waals surface area contributed by atoms with Gasteiger partial charge in [0.15, 0.2) is 0 Å². The van der Waals surface area contributed by atoms with Crippen LogP contribution in [-0.4, -0.2) is 26.7 Å². The Bertz CT molecular complexity index is 579. The highest BCUT2D eigenvalue weighted by Gasteiger charge is 2.13. The van der Waals surface area contributed by atoms with E-state index in [2.05, 4.69) is 24.2 Å². The van der Waals surface area contributed by atoms with E-state index in [9.17, 15) is 5.11 Å². The van der Waals surface area contributed by atoms with Gasteiger partial charge in [0.25, 0.3) is 0 Å². The molecule has 21 heavy (non-hydrogen) atoms. The lowest BCUT2D eigenvalue weighted by Crippen LogP contribution is -2.14. The summed E-state index contributed by atoms with van der Waals surface area (Å²) in [6.45, 7) is 7.41. The number of hydrogen-bond donors (Lipinski definition) is 1. The Morgan fingerprint density at radius 3 is 2.81 bits per heavy atom. The number of hydrogen-bond acceptors (Lipinski definition) is 4. The van der Waals surface area contributed by atoms with Crippen molar-refractivity contribution in [1.82, 2.24) is 15.0 Å². The van der Waals surface area contributed by atoms with Gasteiger partial charge in [-0.3, -0.25) is 0 Å². The number of benzene rings is 1. The third kappa shape index (κ3) is 4.29. The van der Waals surface area contributed by atoms with Crippen molar-refractivity contribution in [2.75, 3.05) is 6.61 Å². The standard InChI is InChI=1S/C16H23N3O2/c1-12(2)9-16-15(11-20)17-18-19(16)7-8-21-14-6-4-5-13(3)10-14/h4-6,10,12,20H,7-9,11H2,1-3H3. The molecule has 5 nitrogen and oxygen atoms in total. The van der Waals surface area contributed by atoms with Crippen LogP contribution in [0.1, 0.15) is 30.8 Å². The van der Waals surface area contributed by atoms with Crippen molar-refractivity contribution in [1.29, 1.82) is 0 Å². The molecule has 0 aliphatic heterocycles. The average Bonchev–Trinajstić information content (AvgIpc) is 2.80. The largest absolute Gasteiger partial charge is 0.492 e. The van der Waals surface area contributed by atoms with Crippen LogP contribution in [-0.2, 0) is 19.6 Å². The van der Waals surface area contributed by atoms with Crippen LogP contribution in [0.2, 0.25) is 0 Å². The van der Waals surface area contributed by atoms with Crippen LogP contribution in [0.3, 0.4) is 0 Å². The fourth-order valence-electron chi connectivity index (χ4n) is 2.24. The molecule has 1 aromatic carbocycles. The van der Waals surface area contributed by atoms with E-state index < -0.39 is 0 Å². The summed E-state index contributed by atoms with van der Waals surface area (Å²) in [5.41, 5.74) is 2.84. The summed E-state index contributed by atoms with van der Waals surface area (Å²) in [5.74, 6) is 1.35. The lowest BCUT2D eigenvalue weighted by Gasteiger charge is -2.11. The molecule has 0 atom stereocenters. The highest BCUT2D eigenvalue weighted by Crippen LogP contribution is 2.14. The smallest absolute Gasteiger partial charge is 0.119 e. The summed E-state index contributed by atoms with van der Waals surface area (Å²) in [6.07, 6.45) is 0.855. The second-order valence-electron chi connectivity index (χ2n) is 5.63. The van der Waals surface area contributed by atoms with Crippen LogP contribution in [0, 0.1) is 12.8 Å².